The first-order valence-electron chi connectivity index (χ1n) is 7.61. The lowest BCUT2D eigenvalue weighted by molar-refractivity contribution is 0.480. The van der Waals surface area contributed by atoms with E-state index in [9.17, 15) is 8.60 Å². The molecule has 0 unspecified atom stereocenters. The van der Waals surface area contributed by atoms with E-state index in [1.54, 1.807) is 30.5 Å². The lowest BCUT2D eigenvalue weighted by Crippen LogP contribution is -2.04. The van der Waals surface area contributed by atoms with E-state index in [4.69, 9.17) is 4.42 Å². The Morgan fingerprint density at radius 2 is 2.04 bits per heavy atom. The molecule has 1 aromatic carbocycles. The summed E-state index contributed by atoms with van der Waals surface area (Å²) in [4.78, 5) is 4.15. The lowest BCUT2D eigenvalue weighted by atomic mass is 10.1. The molecule has 0 fully saturated rings. The maximum absolute atomic E-state index is 13.8. The van der Waals surface area contributed by atoms with Crippen molar-refractivity contribution in [3.63, 3.8) is 0 Å². The molecule has 7 heteroatoms. The van der Waals surface area contributed by atoms with E-state index in [1.807, 2.05) is 13.8 Å². The van der Waals surface area contributed by atoms with E-state index in [-0.39, 0.29) is 17.5 Å². The Morgan fingerprint density at radius 3 is 2.79 bits per heavy atom. The van der Waals surface area contributed by atoms with Crippen LogP contribution in [0.4, 0.5) is 4.39 Å². The highest BCUT2D eigenvalue weighted by atomic mass is 32.2. The molecule has 0 bridgehead atoms. The van der Waals surface area contributed by atoms with Gasteiger partial charge in [0.15, 0.2) is 6.39 Å². The number of hydrogen-bond donors (Lipinski definition) is 0. The summed E-state index contributed by atoms with van der Waals surface area (Å²) in [6.07, 6.45) is 3.05. The fourth-order valence-electron chi connectivity index (χ4n) is 2.43. The number of aromatic nitrogens is 3. The van der Waals surface area contributed by atoms with Crippen LogP contribution in [-0.4, -0.2) is 19.0 Å². The van der Waals surface area contributed by atoms with Gasteiger partial charge in [0, 0.05) is 22.9 Å². The summed E-state index contributed by atoms with van der Waals surface area (Å²) in [5.74, 6) is 1.21. The van der Waals surface area contributed by atoms with E-state index in [0.29, 0.717) is 17.1 Å². The summed E-state index contributed by atoms with van der Waals surface area (Å²) < 4.78 is 33.0. The third-order valence-electron chi connectivity index (χ3n) is 3.55. The van der Waals surface area contributed by atoms with Gasteiger partial charge < -0.3 is 4.42 Å². The van der Waals surface area contributed by atoms with Gasteiger partial charge in [0.25, 0.3) is 0 Å². The quantitative estimate of drug-likeness (QED) is 0.684. The maximum Gasteiger partial charge on any atom is 0.181 e. The number of oxazole rings is 1. The summed E-state index contributed by atoms with van der Waals surface area (Å²) in [7, 11) is -1.17. The minimum absolute atomic E-state index is 0.194. The minimum atomic E-state index is -1.17. The third-order valence-corrected chi connectivity index (χ3v) is 4.76. The van der Waals surface area contributed by atoms with Crippen LogP contribution in [0.2, 0.25) is 0 Å². The molecule has 2 aromatic heterocycles. The van der Waals surface area contributed by atoms with E-state index in [2.05, 4.69) is 10.1 Å². The van der Waals surface area contributed by atoms with Crippen molar-refractivity contribution in [2.75, 3.05) is 0 Å². The van der Waals surface area contributed by atoms with Crippen LogP contribution in [0.1, 0.15) is 36.9 Å². The molecule has 2 heterocycles. The number of para-hydroxylation sites is 1. The Bertz CT molecular complexity index is 857. The standard InChI is InChI=1S/C17H18FN3O2S/c1-12(2)17-15(19-11-23-17)10-24(22)9-13-7-8-21(20-13)16-6-4-3-5-14(16)18/h3-8,11-12H,9-10H2,1-2H3/t24-/m1/s1. The highest BCUT2D eigenvalue weighted by Crippen LogP contribution is 2.20. The van der Waals surface area contributed by atoms with Crippen molar-refractivity contribution >= 4 is 10.8 Å². The second kappa shape index (κ2) is 7.09. The predicted octanol–water partition coefficient (Wildman–Crippen LogP) is 3.57. The number of halogens is 1. The number of benzene rings is 1. The number of nitrogens with zero attached hydrogens (tertiary/aromatic N) is 3. The summed E-state index contributed by atoms with van der Waals surface area (Å²) in [5.41, 5.74) is 1.73. The molecule has 1 atom stereocenters. The average molecular weight is 347 g/mol. The molecule has 0 amide bonds. The van der Waals surface area contributed by atoms with Crippen LogP contribution >= 0.6 is 0 Å². The summed E-state index contributed by atoms with van der Waals surface area (Å²) in [5, 5.41) is 4.31. The van der Waals surface area contributed by atoms with Gasteiger partial charge in [-0.1, -0.05) is 26.0 Å². The molecule has 3 aromatic rings. The van der Waals surface area contributed by atoms with Crippen LogP contribution in [0.25, 0.3) is 5.69 Å². The topological polar surface area (TPSA) is 60.9 Å². The molecule has 0 saturated heterocycles. The van der Waals surface area contributed by atoms with Crippen molar-refractivity contribution in [2.24, 2.45) is 0 Å². The Hall–Kier alpha value is -2.28. The van der Waals surface area contributed by atoms with Gasteiger partial charge in [0.05, 0.1) is 22.9 Å². The van der Waals surface area contributed by atoms with Crippen molar-refractivity contribution in [3.05, 3.63) is 65.9 Å². The zero-order valence-electron chi connectivity index (χ0n) is 13.5. The van der Waals surface area contributed by atoms with Crippen LogP contribution in [0, 0.1) is 5.82 Å². The van der Waals surface area contributed by atoms with Crippen molar-refractivity contribution in [1.82, 2.24) is 14.8 Å². The van der Waals surface area contributed by atoms with Crippen molar-refractivity contribution in [1.29, 1.82) is 0 Å². The zero-order chi connectivity index (χ0) is 17.1. The molecule has 0 N–H and O–H groups in total. The minimum Gasteiger partial charge on any atom is -0.448 e. The monoisotopic (exact) mass is 347 g/mol. The number of hydrogen-bond acceptors (Lipinski definition) is 4. The predicted molar refractivity (Wildman–Crippen MR) is 89.7 cm³/mol. The maximum atomic E-state index is 13.8. The second-order valence-corrected chi connectivity index (χ2v) is 7.21. The first-order valence-corrected chi connectivity index (χ1v) is 9.10. The van der Waals surface area contributed by atoms with E-state index < -0.39 is 10.8 Å². The van der Waals surface area contributed by atoms with Gasteiger partial charge in [-0.3, -0.25) is 4.21 Å². The van der Waals surface area contributed by atoms with E-state index in [1.165, 1.54) is 17.1 Å². The Kier molecular flexibility index (Phi) is 4.89. The van der Waals surface area contributed by atoms with E-state index >= 15 is 0 Å². The SMILES string of the molecule is CC(C)c1ocnc1C[S@](=O)Cc1ccn(-c2ccccc2F)n1. The molecule has 126 valence electrons. The van der Waals surface area contributed by atoms with Gasteiger partial charge in [-0.2, -0.15) is 5.10 Å². The molecular formula is C17H18FN3O2S. The highest BCUT2D eigenvalue weighted by molar-refractivity contribution is 7.83. The van der Waals surface area contributed by atoms with E-state index in [0.717, 1.165) is 11.5 Å². The van der Waals surface area contributed by atoms with Gasteiger partial charge in [-0.05, 0) is 18.2 Å². The second-order valence-electron chi connectivity index (χ2n) is 5.75. The van der Waals surface area contributed by atoms with Crippen molar-refractivity contribution in [3.8, 4) is 5.69 Å². The highest BCUT2D eigenvalue weighted by Gasteiger charge is 2.16. The molecule has 0 saturated carbocycles. The molecule has 0 aliphatic rings. The fraction of sp³-hybridized carbons (Fsp3) is 0.294. The van der Waals surface area contributed by atoms with Gasteiger partial charge in [-0.15, -0.1) is 0 Å². The largest absolute Gasteiger partial charge is 0.448 e. The third kappa shape index (κ3) is 3.62. The van der Waals surface area contributed by atoms with Crippen LogP contribution < -0.4 is 0 Å². The van der Waals surface area contributed by atoms with Crippen LogP contribution in [-0.2, 0) is 22.3 Å². The number of rotatable bonds is 6. The normalized spacial score (nSPS) is 12.7. The van der Waals surface area contributed by atoms with Gasteiger partial charge >= 0.3 is 0 Å². The Morgan fingerprint density at radius 1 is 1.25 bits per heavy atom. The molecular weight excluding hydrogens is 329 g/mol. The van der Waals surface area contributed by atoms with Crippen LogP contribution in [0.3, 0.4) is 0 Å². The fourth-order valence-corrected chi connectivity index (χ4v) is 3.54. The van der Waals surface area contributed by atoms with Crippen LogP contribution in [0.5, 0.6) is 0 Å². The smallest absolute Gasteiger partial charge is 0.181 e. The molecule has 24 heavy (non-hydrogen) atoms. The molecule has 5 nitrogen and oxygen atoms in total. The molecule has 0 spiro atoms. The molecule has 0 aliphatic heterocycles. The average Bonchev–Trinajstić information content (AvgIpc) is 3.17. The first kappa shape index (κ1) is 16.6. The molecule has 0 radical (unpaired) electrons. The summed E-state index contributed by atoms with van der Waals surface area (Å²) >= 11 is 0. The van der Waals surface area contributed by atoms with Gasteiger partial charge in [-0.25, -0.2) is 14.1 Å². The first-order chi connectivity index (χ1) is 11.5. The Balaban J connectivity index is 1.70. The van der Waals surface area contributed by atoms with Crippen LogP contribution in [0.15, 0.2) is 47.3 Å². The summed E-state index contributed by atoms with van der Waals surface area (Å²) in [6.45, 7) is 4.01. The Labute approximate surface area is 142 Å². The van der Waals surface area contributed by atoms with Gasteiger partial charge in [0.2, 0.25) is 0 Å². The lowest BCUT2D eigenvalue weighted by Gasteiger charge is -2.04. The summed E-state index contributed by atoms with van der Waals surface area (Å²) in [6, 6.07) is 8.15. The molecule has 3 rings (SSSR count). The van der Waals surface area contributed by atoms with Gasteiger partial charge in [0.1, 0.15) is 17.3 Å². The zero-order valence-corrected chi connectivity index (χ0v) is 14.3. The van der Waals surface area contributed by atoms with Crippen molar-refractivity contribution in [2.45, 2.75) is 31.3 Å². The molecule has 0 aliphatic carbocycles. The van der Waals surface area contributed by atoms with Crippen molar-refractivity contribution < 1.29 is 13.0 Å².